The third-order valence-electron chi connectivity index (χ3n) is 5.51. The minimum absolute atomic E-state index is 0.214. The van der Waals surface area contributed by atoms with Crippen molar-refractivity contribution in [3.8, 4) is 5.75 Å². The summed E-state index contributed by atoms with van der Waals surface area (Å²) in [5.41, 5.74) is 2.75. The molecule has 1 aliphatic heterocycles. The van der Waals surface area contributed by atoms with E-state index in [-0.39, 0.29) is 12.4 Å². The van der Waals surface area contributed by atoms with Gasteiger partial charge in [-0.25, -0.2) is 0 Å². The first-order valence-electron chi connectivity index (χ1n) is 10.4. The highest BCUT2D eigenvalue weighted by Gasteiger charge is 2.46. The first-order valence-corrected chi connectivity index (χ1v) is 10.7. The van der Waals surface area contributed by atoms with Crippen LogP contribution < -0.4 is 4.74 Å². The van der Waals surface area contributed by atoms with Gasteiger partial charge in [0.25, 0.3) is 0 Å². The SMILES string of the molecule is C[C@H](O)[C@H]1OC(Oc2cc(CO)cc(Cl)c2Cc2ccc(CCF)cc2)[C@H](O)[C@@H](O)[C@@H]1O. The fraction of sp³-hybridized carbons (Fsp3) is 0.478. The topological polar surface area (TPSA) is 120 Å². The molecule has 0 amide bonds. The molecule has 0 bridgehead atoms. The zero-order valence-electron chi connectivity index (χ0n) is 17.6. The van der Waals surface area contributed by atoms with Crippen LogP contribution in [0.15, 0.2) is 36.4 Å². The molecule has 0 aromatic heterocycles. The van der Waals surface area contributed by atoms with E-state index in [9.17, 15) is 29.9 Å². The normalized spacial score (nSPS) is 26.7. The molecule has 176 valence electrons. The second kappa shape index (κ2) is 10.9. The van der Waals surface area contributed by atoms with Crippen molar-refractivity contribution >= 4 is 11.6 Å². The number of hydrogen-bond acceptors (Lipinski definition) is 7. The lowest BCUT2D eigenvalue weighted by Crippen LogP contribution is -2.61. The molecule has 1 heterocycles. The average molecular weight is 471 g/mol. The molecule has 2 aromatic carbocycles. The summed E-state index contributed by atoms with van der Waals surface area (Å²) in [7, 11) is 0. The summed E-state index contributed by atoms with van der Waals surface area (Å²) in [6.45, 7) is 0.639. The summed E-state index contributed by atoms with van der Waals surface area (Å²) >= 11 is 6.46. The maximum Gasteiger partial charge on any atom is 0.229 e. The monoisotopic (exact) mass is 470 g/mol. The summed E-state index contributed by atoms with van der Waals surface area (Å²) < 4.78 is 23.9. The van der Waals surface area contributed by atoms with Gasteiger partial charge in [0.1, 0.15) is 30.2 Å². The van der Waals surface area contributed by atoms with Gasteiger partial charge in [0, 0.05) is 23.4 Å². The molecule has 9 heteroatoms. The van der Waals surface area contributed by atoms with Crippen molar-refractivity contribution < 1.29 is 39.4 Å². The van der Waals surface area contributed by atoms with Gasteiger partial charge in [0.2, 0.25) is 6.29 Å². The van der Waals surface area contributed by atoms with E-state index in [0.29, 0.717) is 29.0 Å². The molecule has 0 radical (unpaired) electrons. The van der Waals surface area contributed by atoms with E-state index >= 15 is 0 Å². The predicted octanol–water partition coefficient (Wildman–Crippen LogP) is 1.50. The van der Waals surface area contributed by atoms with E-state index in [2.05, 4.69) is 0 Å². The van der Waals surface area contributed by atoms with Crippen molar-refractivity contribution in [2.75, 3.05) is 6.67 Å². The molecule has 2 aromatic rings. The van der Waals surface area contributed by atoms with Crippen LogP contribution in [0.3, 0.4) is 0 Å². The number of halogens is 2. The number of aliphatic hydroxyl groups is 5. The maximum atomic E-state index is 12.6. The van der Waals surface area contributed by atoms with Crippen molar-refractivity contribution in [2.45, 2.75) is 63.2 Å². The van der Waals surface area contributed by atoms with Gasteiger partial charge >= 0.3 is 0 Å². The summed E-state index contributed by atoms with van der Waals surface area (Å²) in [6.07, 6.45) is -7.74. The molecular weight excluding hydrogens is 443 g/mol. The van der Waals surface area contributed by atoms with Gasteiger partial charge in [0.05, 0.1) is 19.4 Å². The van der Waals surface area contributed by atoms with Crippen LogP contribution >= 0.6 is 11.6 Å². The molecule has 0 aliphatic carbocycles. The molecule has 6 atom stereocenters. The highest BCUT2D eigenvalue weighted by Crippen LogP contribution is 2.34. The van der Waals surface area contributed by atoms with Crippen molar-refractivity contribution in [2.24, 2.45) is 0 Å². The Morgan fingerprint density at radius 1 is 1.03 bits per heavy atom. The van der Waals surface area contributed by atoms with Crippen molar-refractivity contribution in [1.29, 1.82) is 0 Å². The number of alkyl halides is 1. The highest BCUT2D eigenvalue weighted by molar-refractivity contribution is 6.31. The Balaban J connectivity index is 1.90. The molecule has 5 N–H and O–H groups in total. The largest absolute Gasteiger partial charge is 0.462 e. The second-order valence-corrected chi connectivity index (χ2v) is 8.35. The van der Waals surface area contributed by atoms with Gasteiger partial charge in [-0.3, -0.25) is 4.39 Å². The lowest BCUT2D eigenvalue weighted by Gasteiger charge is -2.41. The van der Waals surface area contributed by atoms with Crippen LogP contribution in [-0.4, -0.2) is 69.0 Å². The first-order chi connectivity index (χ1) is 15.2. The van der Waals surface area contributed by atoms with E-state index < -0.39 is 43.5 Å². The van der Waals surface area contributed by atoms with Gasteiger partial charge in [-0.15, -0.1) is 0 Å². The van der Waals surface area contributed by atoms with E-state index in [4.69, 9.17) is 21.1 Å². The Labute approximate surface area is 190 Å². The van der Waals surface area contributed by atoms with Gasteiger partial charge < -0.3 is 35.0 Å². The molecule has 1 aliphatic rings. The van der Waals surface area contributed by atoms with Gasteiger partial charge in [-0.1, -0.05) is 35.9 Å². The second-order valence-electron chi connectivity index (χ2n) is 7.94. The van der Waals surface area contributed by atoms with Crippen molar-refractivity contribution in [1.82, 2.24) is 0 Å². The number of benzene rings is 2. The molecule has 1 fully saturated rings. The van der Waals surface area contributed by atoms with Crippen LogP contribution in [0.1, 0.15) is 29.2 Å². The molecular formula is C23H28ClFO7. The Kier molecular flexibility index (Phi) is 8.46. The minimum atomic E-state index is -1.60. The fourth-order valence-corrected chi connectivity index (χ4v) is 3.96. The Morgan fingerprint density at radius 3 is 2.28 bits per heavy atom. The van der Waals surface area contributed by atoms with Crippen molar-refractivity contribution in [3.05, 3.63) is 63.7 Å². The highest BCUT2D eigenvalue weighted by atomic mass is 35.5. The maximum absolute atomic E-state index is 12.6. The number of hydrogen-bond donors (Lipinski definition) is 5. The summed E-state index contributed by atoms with van der Waals surface area (Å²) in [5.74, 6) is 0.214. The third-order valence-corrected chi connectivity index (χ3v) is 5.85. The number of aliphatic hydroxyl groups excluding tert-OH is 5. The Bertz CT molecular complexity index is 893. The van der Waals surface area contributed by atoms with Crippen LogP contribution in [0.25, 0.3) is 0 Å². The van der Waals surface area contributed by atoms with Gasteiger partial charge in [-0.2, -0.15) is 0 Å². The van der Waals surface area contributed by atoms with Crippen LogP contribution in [0.5, 0.6) is 5.75 Å². The van der Waals surface area contributed by atoms with E-state index in [1.54, 1.807) is 12.1 Å². The quantitative estimate of drug-likeness (QED) is 0.396. The van der Waals surface area contributed by atoms with Gasteiger partial charge in [0.15, 0.2) is 0 Å². The molecule has 7 nitrogen and oxygen atoms in total. The molecule has 3 rings (SSSR count). The lowest BCUT2D eigenvalue weighted by atomic mass is 9.96. The Morgan fingerprint density at radius 2 is 1.69 bits per heavy atom. The lowest BCUT2D eigenvalue weighted by molar-refractivity contribution is -0.286. The summed E-state index contributed by atoms with van der Waals surface area (Å²) in [4.78, 5) is 0. The predicted molar refractivity (Wildman–Crippen MR) is 115 cm³/mol. The average Bonchev–Trinajstić information content (AvgIpc) is 2.77. The van der Waals surface area contributed by atoms with Crippen molar-refractivity contribution in [3.63, 3.8) is 0 Å². The number of rotatable bonds is 8. The fourth-order valence-electron chi connectivity index (χ4n) is 3.66. The molecule has 0 spiro atoms. The minimum Gasteiger partial charge on any atom is -0.462 e. The first kappa shape index (κ1) is 24.9. The van der Waals surface area contributed by atoms with E-state index in [1.807, 2.05) is 24.3 Å². The van der Waals surface area contributed by atoms with Gasteiger partial charge in [-0.05, 0) is 35.7 Å². The third kappa shape index (κ3) is 5.58. The van der Waals surface area contributed by atoms with Crippen LogP contribution in [0, 0.1) is 0 Å². The van der Waals surface area contributed by atoms with Crippen LogP contribution in [-0.2, 0) is 24.2 Å². The molecule has 1 saturated heterocycles. The summed E-state index contributed by atoms with van der Waals surface area (Å²) in [6, 6.07) is 10.5. The summed E-state index contributed by atoms with van der Waals surface area (Å²) in [5, 5.41) is 50.4. The molecule has 0 saturated carbocycles. The zero-order valence-corrected chi connectivity index (χ0v) is 18.3. The molecule has 1 unspecified atom stereocenters. The molecule has 32 heavy (non-hydrogen) atoms. The van der Waals surface area contributed by atoms with Crippen LogP contribution in [0.2, 0.25) is 5.02 Å². The standard InChI is InChI=1S/C23H28ClFO7/c1-12(27)22-20(29)19(28)21(30)23(32-22)31-18-10-15(11-26)9-17(24)16(18)8-14-4-2-13(3-5-14)6-7-25/h2-5,9-10,12,19-23,26-30H,6-8,11H2,1H3/t12-,19-,20-,21+,22+,23?/m0/s1. The smallest absolute Gasteiger partial charge is 0.229 e. The zero-order chi connectivity index (χ0) is 23.4. The number of ether oxygens (including phenoxy) is 2. The Hall–Kier alpha value is -1.78. The van der Waals surface area contributed by atoms with E-state index in [1.165, 1.54) is 6.92 Å². The number of aryl methyl sites for hydroxylation is 1. The van der Waals surface area contributed by atoms with E-state index in [0.717, 1.165) is 11.1 Å². The van der Waals surface area contributed by atoms with Crippen LogP contribution in [0.4, 0.5) is 4.39 Å².